The summed E-state index contributed by atoms with van der Waals surface area (Å²) in [6.45, 7) is 8.12. The molecule has 7 nitrogen and oxygen atoms in total. The third-order valence-corrected chi connectivity index (χ3v) is 8.23. The van der Waals surface area contributed by atoms with Gasteiger partial charge in [-0.15, -0.1) is 0 Å². The van der Waals surface area contributed by atoms with Crippen molar-refractivity contribution in [3.63, 3.8) is 0 Å². The van der Waals surface area contributed by atoms with Crippen LogP contribution in [0.15, 0.2) is 41.3 Å². The molecule has 2 heterocycles. The van der Waals surface area contributed by atoms with Crippen LogP contribution in [0.25, 0.3) is 0 Å². The molecule has 2 aliphatic heterocycles. The predicted molar refractivity (Wildman–Crippen MR) is 126 cm³/mol. The Morgan fingerprint density at radius 3 is 2.56 bits per heavy atom. The Kier molecular flexibility index (Phi) is 6.49. The average Bonchev–Trinajstić information content (AvgIpc) is 3.15. The van der Waals surface area contributed by atoms with Crippen molar-refractivity contribution in [3.8, 4) is 0 Å². The fraction of sp³-hybridized carbons (Fsp3) is 0.435. The van der Waals surface area contributed by atoms with Crippen molar-refractivity contribution in [2.24, 2.45) is 0 Å². The Hall–Kier alpha value is -2.13. The Morgan fingerprint density at radius 2 is 1.88 bits per heavy atom. The van der Waals surface area contributed by atoms with Crippen LogP contribution in [0.5, 0.6) is 0 Å². The molecule has 9 heteroatoms. The zero-order chi connectivity index (χ0) is 23.0. The lowest BCUT2D eigenvalue weighted by molar-refractivity contribution is -0.0440. The van der Waals surface area contributed by atoms with E-state index in [-0.39, 0.29) is 46.7 Å². The normalized spacial score (nSPS) is 21.4. The molecule has 0 radical (unpaired) electrons. The molecule has 1 N–H and O–H groups in total. The molecule has 0 bridgehead atoms. The number of carbonyl (C=O) groups excluding carboxylic acids is 1. The number of anilines is 2. The smallest absolute Gasteiger partial charge is 0.255 e. The number of sulfonamides is 1. The number of carbonyl (C=O) groups is 1. The van der Waals surface area contributed by atoms with E-state index < -0.39 is 10.0 Å². The van der Waals surface area contributed by atoms with Crippen LogP contribution in [0, 0.1) is 0 Å². The largest absolute Gasteiger partial charge is 0.373 e. The average molecular weight is 478 g/mol. The number of fused-ring (bicyclic) bond motifs is 1. The molecule has 2 aliphatic rings. The van der Waals surface area contributed by atoms with Crippen LogP contribution in [0.3, 0.4) is 0 Å². The number of amides is 1. The highest BCUT2D eigenvalue weighted by molar-refractivity contribution is 7.89. The number of hydrogen-bond donors (Lipinski definition) is 1. The number of ether oxygens (including phenoxy) is 1. The topological polar surface area (TPSA) is 79.0 Å². The van der Waals surface area contributed by atoms with Crippen molar-refractivity contribution in [1.29, 1.82) is 0 Å². The van der Waals surface area contributed by atoms with Crippen LogP contribution in [0.1, 0.15) is 36.7 Å². The first-order chi connectivity index (χ1) is 15.2. The van der Waals surface area contributed by atoms with Gasteiger partial charge in [-0.2, -0.15) is 4.31 Å². The summed E-state index contributed by atoms with van der Waals surface area (Å²) in [6, 6.07) is 10.2. The second-order valence-corrected chi connectivity index (χ2v) is 10.7. The van der Waals surface area contributed by atoms with E-state index in [0.717, 1.165) is 25.2 Å². The van der Waals surface area contributed by atoms with Crippen molar-refractivity contribution in [3.05, 3.63) is 52.5 Å². The molecule has 1 saturated heterocycles. The van der Waals surface area contributed by atoms with E-state index >= 15 is 0 Å². The maximum absolute atomic E-state index is 13.3. The van der Waals surface area contributed by atoms with Gasteiger partial charge in [0.15, 0.2) is 0 Å². The summed E-state index contributed by atoms with van der Waals surface area (Å²) >= 11 is 6.26. The van der Waals surface area contributed by atoms with Crippen molar-refractivity contribution >= 4 is 38.9 Å². The van der Waals surface area contributed by atoms with Gasteiger partial charge in [0.05, 0.1) is 17.2 Å². The fourth-order valence-corrected chi connectivity index (χ4v) is 6.45. The van der Waals surface area contributed by atoms with Crippen molar-refractivity contribution in [2.45, 2.75) is 44.3 Å². The van der Waals surface area contributed by atoms with Crippen LogP contribution in [-0.4, -0.2) is 57.0 Å². The monoisotopic (exact) mass is 477 g/mol. The number of halogens is 1. The van der Waals surface area contributed by atoms with Gasteiger partial charge in [0.25, 0.3) is 5.91 Å². The molecule has 1 fully saturated rings. The molecule has 2 atom stereocenters. The number of morpholine rings is 1. The zero-order valence-electron chi connectivity index (χ0n) is 18.5. The Balaban J connectivity index is 1.58. The number of rotatable bonds is 5. The van der Waals surface area contributed by atoms with E-state index in [1.54, 1.807) is 0 Å². The quantitative estimate of drug-likeness (QED) is 0.709. The zero-order valence-corrected chi connectivity index (χ0v) is 20.0. The Bertz CT molecular complexity index is 1130. The molecular weight excluding hydrogens is 450 g/mol. The van der Waals surface area contributed by atoms with Gasteiger partial charge in [0, 0.05) is 43.1 Å². The molecule has 0 spiro atoms. The molecule has 0 saturated carbocycles. The van der Waals surface area contributed by atoms with E-state index in [9.17, 15) is 13.2 Å². The van der Waals surface area contributed by atoms with Gasteiger partial charge >= 0.3 is 0 Å². The van der Waals surface area contributed by atoms with Gasteiger partial charge in [0.1, 0.15) is 4.90 Å². The van der Waals surface area contributed by atoms with Crippen molar-refractivity contribution in [2.75, 3.05) is 36.4 Å². The predicted octanol–water partition coefficient (Wildman–Crippen LogP) is 3.77. The highest BCUT2D eigenvalue weighted by Gasteiger charge is 2.34. The lowest BCUT2D eigenvalue weighted by Gasteiger charge is -2.34. The standard InChI is InChI=1S/C23H28ClN3O4S/c1-4-26-10-9-17-5-7-19(12-21(17)26)25-23(28)18-6-8-20(24)22(11-18)32(29,30)27-13-15(2)31-16(3)14-27/h5-8,11-12,15-16H,4,9-10,13-14H2,1-3H3,(H,25,28). The van der Waals surface area contributed by atoms with Crippen LogP contribution >= 0.6 is 11.6 Å². The first-order valence-corrected chi connectivity index (χ1v) is 12.6. The highest BCUT2D eigenvalue weighted by atomic mass is 35.5. The minimum atomic E-state index is -3.87. The molecule has 4 rings (SSSR count). The second-order valence-electron chi connectivity index (χ2n) is 8.35. The van der Waals surface area contributed by atoms with Gasteiger partial charge < -0.3 is 15.0 Å². The van der Waals surface area contributed by atoms with E-state index in [1.807, 2.05) is 32.0 Å². The lowest BCUT2D eigenvalue weighted by atomic mass is 10.1. The lowest BCUT2D eigenvalue weighted by Crippen LogP contribution is -2.48. The molecule has 32 heavy (non-hydrogen) atoms. The third kappa shape index (κ3) is 4.50. The molecule has 2 unspecified atom stereocenters. The van der Waals surface area contributed by atoms with Crippen LogP contribution in [0.2, 0.25) is 5.02 Å². The van der Waals surface area contributed by atoms with Gasteiger partial charge in [-0.05, 0) is 63.1 Å². The Labute approximate surface area is 194 Å². The Morgan fingerprint density at radius 1 is 1.16 bits per heavy atom. The van der Waals surface area contributed by atoms with Crippen molar-refractivity contribution < 1.29 is 17.9 Å². The van der Waals surface area contributed by atoms with E-state index in [1.165, 1.54) is 28.1 Å². The minimum Gasteiger partial charge on any atom is -0.373 e. The molecule has 1 amide bonds. The molecule has 172 valence electrons. The van der Waals surface area contributed by atoms with Crippen LogP contribution < -0.4 is 10.2 Å². The molecule has 2 aromatic rings. The summed E-state index contributed by atoms with van der Waals surface area (Å²) in [4.78, 5) is 15.1. The number of hydrogen-bond acceptors (Lipinski definition) is 5. The summed E-state index contributed by atoms with van der Waals surface area (Å²) < 4.78 is 33.6. The third-order valence-electron chi connectivity index (χ3n) is 5.91. The number of nitrogens with zero attached hydrogens (tertiary/aromatic N) is 2. The van der Waals surface area contributed by atoms with Gasteiger partial charge in [-0.3, -0.25) is 4.79 Å². The number of nitrogens with one attached hydrogen (secondary N) is 1. The molecule has 0 aromatic heterocycles. The van der Waals surface area contributed by atoms with E-state index in [2.05, 4.69) is 17.1 Å². The molecular formula is C23H28ClN3O4S. The second kappa shape index (κ2) is 9.02. The summed E-state index contributed by atoms with van der Waals surface area (Å²) in [5.41, 5.74) is 3.29. The van der Waals surface area contributed by atoms with E-state index in [4.69, 9.17) is 16.3 Å². The van der Waals surface area contributed by atoms with Gasteiger partial charge in [-0.25, -0.2) is 8.42 Å². The summed E-state index contributed by atoms with van der Waals surface area (Å²) in [7, 11) is -3.87. The van der Waals surface area contributed by atoms with Gasteiger partial charge in [0.2, 0.25) is 10.0 Å². The minimum absolute atomic E-state index is 0.0702. The first-order valence-electron chi connectivity index (χ1n) is 10.8. The van der Waals surface area contributed by atoms with Crippen molar-refractivity contribution in [1.82, 2.24) is 4.31 Å². The maximum atomic E-state index is 13.3. The highest BCUT2D eigenvalue weighted by Crippen LogP contribution is 2.31. The number of likely N-dealkylation sites (N-methyl/N-ethyl adjacent to an activating group) is 1. The fourth-order valence-electron chi connectivity index (χ4n) is 4.36. The van der Waals surface area contributed by atoms with E-state index in [0.29, 0.717) is 5.69 Å². The van der Waals surface area contributed by atoms with Crippen LogP contribution in [0.4, 0.5) is 11.4 Å². The molecule has 0 aliphatic carbocycles. The summed E-state index contributed by atoms with van der Waals surface area (Å²) in [5, 5.41) is 2.97. The summed E-state index contributed by atoms with van der Waals surface area (Å²) in [5.74, 6) is -0.386. The maximum Gasteiger partial charge on any atom is 0.255 e. The first kappa shape index (κ1) is 23.0. The molecule has 2 aromatic carbocycles. The number of benzene rings is 2. The summed E-state index contributed by atoms with van der Waals surface area (Å²) in [6.07, 6.45) is 0.553. The van der Waals surface area contributed by atoms with Gasteiger partial charge in [-0.1, -0.05) is 17.7 Å². The van der Waals surface area contributed by atoms with Crippen LogP contribution in [-0.2, 0) is 21.2 Å². The SMILES string of the molecule is CCN1CCc2ccc(NC(=O)c3ccc(Cl)c(S(=O)(=O)N4CC(C)OC(C)C4)c3)cc21.